The van der Waals surface area contributed by atoms with Gasteiger partial charge < -0.3 is 9.88 Å². The second-order valence-corrected chi connectivity index (χ2v) is 10.8. The van der Waals surface area contributed by atoms with E-state index in [1.165, 1.54) is 34.0 Å². The van der Waals surface area contributed by atoms with E-state index in [-0.39, 0.29) is 23.4 Å². The fourth-order valence-corrected chi connectivity index (χ4v) is 6.10. The van der Waals surface area contributed by atoms with Crippen LogP contribution in [0.25, 0.3) is 0 Å². The van der Waals surface area contributed by atoms with Gasteiger partial charge in [-0.15, -0.1) is 11.3 Å². The first-order chi connectivity index (χ1) is 15.3. The van der Waals surface area contributed by atoms with Crippen LogP contribution >= 0.6 is 11.3 Å². The molecule has 1 aliphatic rings. The molecule has 1 atom stereocenters. The number of aryl methyl sites for hydroxylation is 1. The van der Waals surface area contributed by atoms with E-state index in [0.29, 0.717) is 13.1 Å². The lowest BCUT2D eigenvalue weighted by atomic mass is 10.0. The van der Waals surface area contributed by atoms with E-state index in [1.54, 1.807) is 0 Å². The number of sulfonamides is 1. The number of thiophene rings is 1. The van der Waals surface area contributed by atoms with Crippen molar-refractivity contribution in [2.45, 2.75) is 37.2 Å². The SMILES string of the molecule is Cc1ccc([C@@H](NC(=O)Cn2cc(S(=O)(=O)N3CCCC3)ccc2=O)c2cccs2)cc1. The Morgan fingerprint density at radius 3 is 2.47 bits per heavy atom. The number of carbonyl (C=O) groups is 1. The molecule has 0 unspecified atom stereocenters. The molecule has 168 valence electrons. The number of hydrogen-bond acceptors (Lipinski definition) is 5. The summed E-state index contributed by atoms with van der Waals surface area (Å²) in [6.45, 7) is 2.68. The van der Waals surface area contributed by atoms with Crippen molar-refractivity contribution in [3.63, 3.8) is 0 Å². The monoisotopic (exact) mass is 471 g/mol. The Bertz CT molecular complexity index is 1240. The average molecular weight is 472 g/mol. The van der Waals surface area contributed by atoms with Crippen molar-refractivity contribution in [3.8, 4) is 0 Å². The standard InChI is InChI=1S/C23H25N3O4S2/c1-17-6-8-18(9-7-17)23(20-5-4-14-31-20)24-21(27)16-25-15-19(10-11-22(25)28)32(29,30)26-12-2-3-13-26/h4-11,14-15,23H,2-3,12-13,16H2,1H3,(H,24,27)/t23-/m1/s1. The van der Waals surface area contributed by atoms with E-state index in [4.69, 9.17) is 0 Å². The maximum Gasteiger partial charge on any atom is 0.251 e. The maximum absolute atomic E-state index is 12.9. The van der Waals surface area contributed by atoms with Crippen LogP contribution in [-0.2, 0) is 21.4 Å². The fraction of sp³-hybridized carbons (Fsp3) is 0.304. The molecule has 1 fully saturated rings. The molecule has 32 heavy (non-hydrogen) atoms. The number of aromatic nitrogens is 1. The van der Waals surface area contributed by atoms with Gasteiger partial charge in [-0.2, -0.15) is 4.31 Å². The largest absolute Gasteiger partial charge is 0.343 e. The smallest absolute Gasteiger partial charge is 0.251 e. The molecule has 1 aromatic carbocycles. The molecular weight excluding hydrogens is 446 g/mol. The number of nitrogens with one attached hydrogen (secondary N) is 1. The minimum absolute atomic E-state index is 0.0279. The summed E-state index contributed by atoms with van der Waals surface area (Å²) in [6, 6.07) is 13.9. The van der Waals surface area contributed by atoms with Crippen LogP contribution < -0.4 is 10.9 Å². The summed E-state index contributed by atoms with van der Waals surface area (Å²) in [4.78, 5) is 26.3. The second kappa shape index (κ2) is 9.40. The first-order valence-corrected chi connectivity index (χ1v) is 12.8. The number of rotatable bonds is 7. The van der Waals surface area contributed by atoms with E-state index in [9.17, 15) is 18.0 Å². The Labute approximate surface area is 191 Å². The summed E-state index contributed by atoms with van der Waals surface area (Å²) in [5, 5.41) is 4.94. The zero-order chi connectivity index (χ0) is 22.7. The van der Waals surface area contributed by atoms with Gasteiger partial charge in [0, 0.05) is 30.2 Å². The Morgan fingerprint density at radius 1 is 1.09 bits per heavy atom. The van der Waals surface area contributed by atoms with E-state index in [1.807, 2.05) is 48.7 Å². The zero-order valence-corrected chi connectivity index (χ0v) is 19.4. The fourth-order valence-electron chi connectivity index (χ4n) is 3.76. The average Bonchev–Trinajstić information content (AvgIpc) is 3.49. The van der Waals surface area contributed by atoms with Crippen LogP contribution in [0.2, 0.25) is 0 Å². The van der Waals surface area contributed by atoms with E-state index >= 15 is 0 Å². The second-order valence-electron chi connectivity index (χ2n) is 7.87. The Morgan fingerprint density at radius 2 is 1.81 bits per heavy atom. The molecule has 0 radical (unpaired) electrons. The van der Waals surface area contributed by atoms with Gasteiger partial charge in [0.05, 0.1) is 10.9 Å². The minimum atomic E-state index is -3.68. The maximum atomic E-state index is 12.9. The molecule has 9 heteroatoms. The number of pyridine rings is 1. The van der Waals surface area contributed by atoms with Crippen molar-refractivity contribution in [1.29, 1.82) is 0 Å². The number of carbonyl (C=O) groups excluding carboxylic acids is 1. The van der Waals surface area contributed by atoms with Crippen LogP contribution in [0.15, 0.2) is 69.8 Å². The molecule has 3 aromatic rings. The molecule has 1 saturated heterocycles. The van der Waals surface area contributed by atoms with Crippen molar-refractivity contribution < 1.29 is 13.2 Å². The van der Waals surface area contributed by atoms with Gasteiger partial charge in [0.1, 0.15) is 6.54 Å². The molecule has 1 N–H and O–H groups in total. The molecule has 1 amide bonds. The lowest BCUT2D eigenvalue weighted by Crippen LogP contribution is -2.35. The predicted molar refractivity (Wildman–Crippen MR) is 124 cm³/mol. The third kappa shape index (κ3) is 4.85. The summed E-state index contributed by atoms with van der Waals surface area (Å²) in [6.07, 6.45) is 2.91. The number of benzene rings is 1. The highest BCUT2D eigenvalue weighted by Crippen LogP contribution is 2.26. The number of amides is 1. The van der Waals surface area contributed by atoms with E-state index in [2.05, 4.69) is 5.32 Å². The van der Waals surface area contributed by atoms with Gasteiger partial charge >= 0.3 is 0 Å². The van der Waals surface area contributed by atoms with Crippen molar-refractivity contribution in [2.24, 2.45) is 0 Å². The van der Waals surface area contributed by atoms with Gasteiger partial charge in [0.2, 0.25) is 15.9 Å². The first-order valence-electron chi connectivity index (χ1n) is 10.4. The molecule has 7 nitrogen and oxygen atoms in total. The lowest BCUT2D eigenvalue weighted by molar-refractivity contribution is -0.122. The van der Waals surface area contributed by atoms with Gasteiger partial charge in [-0.1, -0.05) is 35.9 Å². The highest BCUT2D eigenvalue weighted by molar-refractivity contribution is 7.89. The van der Waals surface area contributed by atoms with E-state index < -0.39 is 15.6 Å². The van der Waals surface area contributed by atoms with Gasteiger partial charge in [0.15, 0.2) is 0 Å². The third-order valence-electron chi connectivity index (χ3n) is 5.52. The molecule has 1 aliphatic heterocycles. The summed E-state index contributed by atoms with van der Waals surface area (Å²) < 4.78 is 28.3. The summed E-state index contributed by atoms with van der Waals surface area (Å²) in [7, 11) is -3.68. The van der Waals surface area contributed by atoms with Gasteiger partial charge in [-0.05, 0) is 42.8 Å². The van der Waals surface area contributed by atoms with Gasteiger partial charge in [-0.3, -0.25) is 9.59 Å². The van der Waals surface area contributed by atoms with Crippen LogP contribution in [-0.4, -0.2) is 36.3 Å². The molecule has 0 aliphatic carbocycles. The number of hydrogen-bond donors (Lipinski definition) is 1. The van der Waals surface area contributed by atoms with Crippen molar-refractivity contribution in [1.82, 2.24) is 14.2 Å². The first kappa shape index (κ1) is 22.4. The molecular formula is C23H25N3O4S2. The normalized spacial score (nSPS) is 15.5. The van der Waals surface area contributed by atoms with Crippen molar-refractivity contribution in [2.75, 3.05) is 13.1 Å². The molecule has 0 bridgehead atoms. The number of nitrogens with zero attached hydrogens (tertiary/aromatic N) is 2. The van der Waals surface area contributed by atoms with Crippen LogP contribution in [0.1, 0.15) is 34.9 Å². The summed E-state index contributed by atoms with van der Waals surface area (Å²) in [5.74, 6) is -0.373. The third-order valence-corrected chi connectivity index (χ3v) is 8.34. The minimum Gasteiger partial charge on any atom is -0.343 e. The van der Waals surface area contributed by atoms with E-state index in [0.717, 1.165) is 33.4 Å². The van der Waals surface area contributed by atoms with Crippen LogP contribution in [0, 0.1) is 6.92 Å². The van der Waals surface area contributed by atoms with Gasteiger partial charge in [0.25, 0.3) is 5.56 Å². The molecule has 2 aromatic heterocycles. The topological polar surface area (TPSA) is 88.5 Å². The summed E-state index contributed by atoms with van der Waals surface area (Å²) in [5.41, 5.74) is 1.63. The zero-order valence-electron chi connectivity index (χ0n) is 17.7. The summed E-state index contributed by atoms with van der Waals surface area (Å²) >= 11 is 1.53. The molecule has 0 saturated carbocycles. The molecule has 3 heterocycles. The molecule has 4 rings (SSSR count). The van der Waals surface area contributed by atoms with Gasteiger partial charge in [-0.25, -0.2) is 8.42 Å². The van der Waals surface area contributed by atoms with Crippen LogP contribution in [0.4, 0.5) is 0 Å². The van der Waals surface area contributed by atoms with Crippen molar-refractivity contribution in [3.05, 3.63) is 86.5 Å². The molecule has 0 spiro atoms. The highest BCUT2D eigenvalue weighted by Gasteiger charge is 2.28. The lowest BCUT2D eigenvalue weighted by Gasteiger charge is -2.19. The predicted octanol–water partition coefficient (Wildman–Crippen LogP) is 2.91. The Balaban J connectivity index is 1.56. The Kier molecular flexibility index (Phi) is 6.59. The van der Waals surface area contributed by atoms with Crippen LogP contribution in [0.3, 0.4) is 0 Å². The Hall–Kier alpha value is -2.75. The van der Waals surface area contributed by atoms with Crippen molar-refractivity contribution >= 4 is 27.3 Å². The quantitative estimate of drug-likeness (QED) is 0.574. The highest BCUT2D eigenvalue weighted by atomic mass is 32.2. The van der Waals surface area contributed by atoms with Crippen LogP contribution in [0.5, 0.6) is 0 Å².